The first kappa shape index (κ1) is 16.6. The van der Waals surface area contributed by atoms with E-state index in [1.54, 1.807) is 6.92 Å². The Morgan fingerprint density at radius 2 is 2.05 bits per heavy atom. The molecule has 0 radical (unpaired) electrons. The Kier molecular flexibility index (Phi) is 5.62. The Labute approximate surface area is 119 Å². The number of cyclic esters (lactones) is 2. The third-order valence-electron chi connectivity index (χ3n) is 2.71. The van der Waals surface area contributed by atoms with Gasteiger partial charge in [-0.05, 0) is 34.7 Å². The number of nitrogens with one attached hydrogen (secondary N) is 1. The molecule has 2 unspecified atom stereocenters. The van der Waals surface area contributed by atoms with Gasteiger partial charge in [-0.25, -0.2) is 9.59 Å². The quantitative estimate of drug-likeness (QED) is 0.770. The molecule has 1 saturated heterocycles. The third-order valence-corrected chi connectivity index (χ3v) is 2.71. The molecule has 1 aliphatic rings. The lowest BCUT2D eigenvalue weighted by atomic mass is 10.2. The molecule has 1 heterocycles. The lowest BCUT2D eigenvalue weighted by molar-refractivity contribution is 0.0520. The second-order valence-corrected chi connectivity index (χ2v) is 5.92. The first-order valence-electron chi connectivity index (χ1n) is 6.70. The van der Waals surface area contributed by atoms with E-state index in [9.17, 15) is 9.59 Å². The van der Waals surface area contributed by atoms with E-state index in [1.807, 2.05) is 32.7 Å². The summed E-state index contributed by atoms with van der Waals surface area (Å²) in [5, 5.41) is 2.67. The molecule has 7 nitrogen and oxygen atoms in total. The number of rotatable bonds is 5. The molecular weight excluding hydrogens is 264 g/mol. The SMILES string of the molecule is CC1OC(=O)OC1CN(C)CCNC(=O)OC(C)(C)C. The molecule has 1 N–H and O–H groups in total. The summed E-state index contributed by atoms with van der Waals surface area (Å²) in [4.78, 5) is 24.3. The number of amides is 1. The minimum Gasteiger partial charge on any atom is -0.444 e. The van der Waals surface area contributed by atoms with Crippen molar-refractivity contribution in [2.45, 2.75) is 45.5 Å². The molecule has 0 spiro atoms. The van der Waals surface area contributed by atoms with Gasteiger partial charge in [-0.3, -0.25) is 0 Å². The van der Waals surface area contributed by atoms with E-state index < -0.39 is 17.8 Å². The van der Waals surface area contributed by atoms with Crippen LogP contribution < -0.4 is 5.32 Å². The minimum atomic E-state index is -0.622. The van der Waals surface area contributed by atoms with E-state index in [1.165, 1.54) is 0 Å². The van der Waals surface area contributed by atoms with Crippen LogP contribution in [0.1, 0.15) is 27.7 Å². The highest BCUT2D eigenvalue weighted by molar-refractivity contribution is 5.67. The van der Waals surface area contributed by atoms with Crippen LogP contribution in [0.5, 0.6) is 0 Å². The number of nitrogens with zero attached hydrogens (tertiary/aromatic N) is 1. The van der Waals surface area contributed by atoms with Crippen LogP contribution >= 0.6 is 0 Å². The highest BCUT2D eigenvalue weighted by Crippen LogP contribution is 2.15. The summed E-state index contributed by atoms with van der Waals surface area (Å²) in [6, 6.07) is 0. The van der Waals surface area contributed by atoms with Crippen molar-refractivity contribution in [2.24, 2.45) is 0 Å². The summed E-state index contributed by atoms with van der Waals surface area (Å²) in [6.45, 7) is 8.88. The fraction of sp³-hybridized carbons (Fsp3) is 0.846. The van der Waals surface area contributed by atoms with Crippen molar-refractivity contribution in [2.75, 3.05) is 26.7 Å². The molecular formula is C13H24N2O5. The first-order chi connectivity index (χ1) is 9.17. The van der Waals surface area contributed by atoms with Crippen LogP contribution in [0.15, 0.2) is 0 Å². The monoisotopic (exact) mass is 288 g/mol. The van der Waals surface area contributed by atoms with E-state index in [0.717, 1.165) is 0 Å². The van der Waals surface area contributed by atoms with Gasteiger partial charge in [-0.2, -0.15) is 0 Å². The van der Waals surface area contributed by atoms with Gasteiger partial charge in [0.1, 0.15) is 11.7 Å². The fourth-order valence-corrected chi connectivity index (χ4v) is 1.72. The highest BCUT2D eigenvalue weighted by Gasteiger charge is 2.33. The van der Waals surface area contributed by atoms with Gasteiger partial charge in [0, 0.05) is 19.6 Å². The van der Waals surface area contributed by atoms with Gasteiger partial charge < -0.3 is 24.4 Å². The predicted octanol–water partition coefficient (Wildman–Crippen LogP) is 1.37. The Hall–Kier alpha value is -1.50. The summed E-state index contributed by atoms with van der Waals surface area (Å²) < 4.78 is 15.0. The molecule has 2 atom stereocenters. The van der Waals surface area contributed by atoms with Gasteiger partial charge in [-0.15, -0.1) is 0 Å². The van der Waals surface area contributed by atoms with E-state index in [4.69, 9.17) is 14.2 Å². The number of carbonyl (C=O) groups is 2. The minimum absolute atomic E-state index is 0.247. The Morgan fingerprint density at radius 3 is 2.55 bits per heavy atom. The van der Waals surface area contributed by atoms with Crippen molar-refractivity contribution in [1.82, 2.24) is 10.2 Å². The van der Waals surface area contributed by atoms with E-state index in [2.05, 4.69) is 5.32 Å². The lowest BCUT2D eigenvalue weighted by Gasteiger charge is -2.22. The summed E-state index contributed by atoms with van der Waals surface area (Å²) in [6.07, 6.45) is -1.57. The molecule has 0 aliphatic carbocycles. The highest BCUT2D eigenvalue weighted by atomic mass is 16.8. The average molecular weight is 288 g/mol. The van der Waals surface area contributed by atoms with Gasteiger partial charge in [0.25, 0.3) is 0 Å². The van der Waals surface area contributed by atoms with Gasteiger partial charge in [0.05, 0.1) is 0 Å². The standard InChI is InChI=1S/C13H24N2O5/c1-9-10(19-12(17)18-9)8-15(5)7-6-14-11(16)20-13(2,3)4/h9-10H,6-8H2,1-5H3,(H,14,16). The Morgan fingerprint density at radius 1 is 1.40 bits per heavy atom. The Bertz CT molecular complexity index is 353. The third kappa shape index (κ3) is 6.10. The smallest absolute Gasteiger partial charge is 0.444 e. The van der Waals surface area contributed by atoms with Gasteiger partial charge in [-0.1, -0.05) is 0 Å². The first-order valence-corrected chi connectivity index (χ1v) is 6.70. The van der Waals surface area contributed by atoms with Crippen LogP contribution in [0.4, 0.5) is 9.59 Å². The van der Waals surface area contributed by atoms with Crippen LogP contribution in [0, 0.1) is 0 Å². The normalized spacial score (nSPS) is 22.4. The molecule has 0 aromatic rings. The summed E-state index contributed by atoms with van der Waals surface area (Å²) in [5.41, 5.74) is -0.499. The lowest BCUT2D eigenvalue weighted by Crippen LogP contribution is -2.40. The summed E-state index contributed by atoms with van der Waals surface area (Å²) in [7, 11) is 1.88. The van der Waals surface area contributed by atoms with Crippen LogP contribution in [0.3, 0.4) is 0 Å². The van der Waals surface area contributed by atoms with Crippen molar-refractivity contribution in [3.05, 3.63) is 0 Å². The van der Waals surface area contributed by atoms with Gasteiger partial charge in [0.2, 0.25) is 0 Å². The number of hydrogen-bond acceptors (Lipinski definition) is 6. The molecule has 0 aromatic heterocycles. The van der Waals surface area contributed by atoms with Gasteiger partial charge >= 0.3 is 12.2 Å². The molecule has 116 valence electrons. The van der Waals surface area contributed by atoms with Crippen molar-refractivity contribution < 1.29 is 23.8 Å². The molecule has 20 heavy (non-hydrogen) atoms. The maximum atomic E-state index is 11.4. The van der Waals surface area contributed by atoms with E-state index in [0.29, 0.717) is 19.6 Å². The van der Waals surface area contributed by atoms with Gasteiger partial charge in [0.15, 0.2) is 6.10 Å². The molecule has 1 fully saturated rings. The second kappa shape index (κ2) is 6.78. The fourth-order valence-electron chi connectivity index (χ4n) is 1.72. The molecule has 1 aliphatic heterocycles. The number of likely N-dealkylation sites (N-methyl/N-ethyl adjacent to an activating group) is 1. The molecule has 0 saturated carbocycles. The number of hydrogen-bond donors (Lipinski definition) is 1. The molecule has 1 rings (SSSR count). The topological polar surface area (TPSA) is 77.1 Å². The Balaban J connectivity index is 2.19. The zero-order valence-electron chi connectivity index (χ0n) is 12.8. The predicted molar refractivity (Wildman–Crippen MR) is 72.5 cm³/mol. The maximum absolute atomic E-state index is 11.4. The molecule has 0 bridgehead atoms. The number of alkyl carbamates (subject to hydrolysis) is 1. The maximum Gasteiger partial charge on any atom is 0.509 e. The molecule has 1 amide bonds. The van der Waals surface area contributed by atoms with Crippen LogP contribution in [0.2, 0.25) is 0 Å². The summed E-state index contributed by atoms with van der Waals surface area (Å²) in [5.74, 6) is 0. The largest absolute Gasteiger partial charge is 0.509 e. The van der Waals surface area contributed by atoms with Crippen molar-refractivity contribution in [1.29, 1.82) is 0 Å². The van der Waals surface area contributed by atoms with E-state index >= 15 is 0 Å². The molecule has 0 aromatic carbocycles. The van der Waals surface area contributed by atoms with Crippen LogP contribution in [-0.2, 0) is 14.2 Å². The molecule has 7 heteroatoms. The second-order valence-electron chi connectivity index (χ2n) is 5.92. The van der Waals surface area contributed by atoms with Crippen molar-refractivity contribution >= 4 is 12.2 Å². The van der Waals surface area contributed by atoms with Crippen molar-refractivity contribution in [3.63, 3.8) is 0 Å². The zero-order valence-corrected chi connectivity index (χ0v) is 12.8. The van der Waals surface area contributed by atoms with E-state index in [-0.39, 0.29) is 12.2 Å². The number of ether oxygens (including phenoxy) is 3. The number of carbonyl (C=O) groups excluding carboxylic acids is 2. The van der Waals surface area contributed by atoms with Crippen LogP contribution in [-0.4, -0.2) is 61.6 Å². The zero-order chi connectivity index (χ0) is 15.3. The average Bonchev–Trinajstić information content (AvgIpc) is 2.54. The summed E-state index contributed by atoms with van der Waals surface area (Å²) >= 11 is 0. The van der Waals surface area contributed by atoms with Crippen molar-refractivity contribution in [3.8, 4) is 0 Å². The van der Waals surface area contributed by atoms with Crippen LogP contribution in [0.25, 0.3) is 0 Å².